The highest BCUT2D eigenvalue weighted by Crippen LogP contribution is 2.39. The summed E-state index contributed by atoms with van der Waals surface area (Å²) in [7, 11) is 0. The lowest BCUT2D eigenvalue weighted by atomic mass is 9.96. The number of aromatic amines is 1. The van der Waals surface area contributed by atoms with Gasteiger partial charge in [-0.2, -0.15) is 10.5 Å². The van der Waals surface area contributed by atoms with Crippen LogP contribution in [0, 0.1) is 22.7 Å². The number of hydrogen-bond donors (Lipinski definition) is 1. The zero-order valence-corrected chi connectivity index (χ0v) is 13.8. The molecule has 0 fully saturated rings. The predicted molar refractivity (Wildman–Crippen MR) is 95.9 cm³/mol. The molecule has 2 aromatic heterocycles. The maximum Gasteiger partial charge on any atom is 0.134 e. The number of aromatic nitrogens is 1. The highest BCUT2D eigenvalue weighted by atomic mass is 32.1. The molecule has 0 saturated heterocycles. The fourth-order valence-electron chi connectivity index (χ4n) is 3.20. The summed E-state index contributed by atoms with van der Waals surface area (Å²) in [5, 5.41) is 20.3. The average Bonchev–Trinajstić information content (AvgIpc) is 3.19. The van der Waals surface area contributed by atoms with E-state index in [2.05, 4.69) is 22.1 Å². The molecule has 0 saturated carbocycles. The number of aliphatic imine (C=N–C) groups is 1. The molecule has 0 radical (unpaired) electrons. The van der Waals surface area contributed by atoms with Gasteiger partial charge in [0.25, 0.3) is 0 Å². The maximum atomic E-state index is 9.50. The first-order valence-electron chi connectivity index (χ1n) is 7.90. The molecule has 0 bridgehead atoms. The van der Waals surface area contributed by atoms with Gasteiger partial charge in [0.15, 0.2) is 0 Å². The minimum Gasteiger partial charge on any atom is -0.361 e. The van der Waals surface area contributed by atoms with Crippen molar-refractivity contribution in [2.45, 2.75) is 25.7 Å². The van der Waals surface area contributed by atoms with Crippen molar-refractivity contribution in [2.75, 3.05) is 0 Å². The summed E-state index contributed by atoms with van der Waals surface area (Å²) in [4.78, 5) is 9.10. The summed E-state index contributed by atoms with van der Waals surface area (Å²) in [6.45, 7) is 0. The molecule has 5 heteroatoms. The fourth-order valence-corrected chi connectivity index (χ4v) is 4.39. The van der Waals surface area contributed by atoms with Gasteiger partial charge in [-0.05, 0) is 49.4 Å². The Morgan fingerprint density at radius 2 is 2.04 bits per heavy atom. The van der Waals surface area contributed by atoms with E-state index in [4.69, 9.17) is 5.26 Å². The monoisotopic (exact) mass is 330 g/mol. The van der Waals surface area contributed by atoms with E-state index in [0.29, 0.717) is 5.56 Å². The number of thiophene rings is 1. The lowest BCUT2D eigenvalue weighted by molar-refractivity contribution is 0.696. The van der Waals surface area contributed by atoms with E-state index in [9.17, 15) is 5.26 Å². The Kier molecular flexibility index (Phi) is 3.65. The van der Waals surface area contributed by atoms with Crippen molar-refractivity contribution in [3.8, 4) is 12.1 Å². The minimum absolute atomic E-state index is 0.626. The first-order chi connectivity index (χ1) is 11.8. The van der Waals surface area contributed by atoms with Crippen LogP contribution in [0.1, 0.15) is 40.0 Å². The van der Waals surface area contributed by atoms with E-state index in [-0.39, 0.29) is 0 Å². The molecular weight excluding hydrogens is 316 g/mol. The highest BCUT2D eigenvalue weighted by Gasteiger charge is 2.20. The van der Waals surface area contributed by atoms with Crippen LogP contribution in [-0.2, 0) is 12.8 Å². The van der Waals surface area contributed by atoms with Gasteiger partial charge in [-0.15, -0.1) is 11.3 Å². The van der Waals surface area contributed by atoms with Crippen molar-refractivity contribution < 1.29 is 0 Å². The van der Waals surface area contributed by atoms with Crippen LogP contribution in [0.15, 0.2) is 29.4 Å². The van der Waals surface area contributed by atoms with E-state index in [1.54, 1.807) is 23.6 Å². The lowest BCUT2D eigenvalue weighted by Crippen LogP contribution is -1.99. The van der Waals surface area contributed by atoms with Crippen molar-refractivity contribution in [3.63, 3.8) is 0 Å². The van der Waals surface area contributed by atoms with Crippen molar-refractivity contribution >= 4 is 33.5 Å². The van der Waals surface area contributed by atoms with Gasteiger partial charge in [-0.1, -0.05) is 0 Å². The molecule has 2 heterocycles. The first kappa shape index (κ1) is 14.7. The number of rotatable bonds is 2. The Morgan fingerprint density at radius 3 is 2.88 bits per heavy atom. The fraction of sp³-hybridized carbons (Fsp3) is 0.211. The second kappa shape index (κ2) is 5.96. The number of benzene rings is 1. The molecule has 0 atom stereocenters. The molecule has 4 rings (SSSR count). The van der Waals surface area contributed by atoms with E-state index >= 15 is 0 Å². The summed E-state index contributed by atoms with van der Waals surface area (Å²) in [6.07, 6.45) is 8.07. The van der Waals surface area contributed by atoms with Crippen LogP contribution in [0.5, 0.6) is 0 Å². The minimum atomic E-state index is 0.626. The topological polar surface area (TPSA) is 75.7 Å². The molecule has 1 aromatic carbocycles. The van der Waals surface area contributed by atoms with Crippen molar-refractivity contribution in [1.29, 1.82) is 10.5 Å². The quantitative estimate of drug-likeness (QED) is 0.697. The normalized spacial score (nSPS) is 13.8. The van der Waals surface area contributed by atoms with E-state index in [1.165, 1.54) is 16.9 Å². The van der Waals surface area contributed by atoms with Crippen LogP contribution >= 0.6 is 11.3 Å². The highest BCUT2D eigenvalue weighted by molar-refractivity contribution is 7.16. The first-order valence-corrected chi connectivity index (χ1v) is 8.71. The number of nitrogens with zero attached hydrogens (tertiary/aromatic N) is 3. The van der Waals surface area contributed by atoms with Crippen LogP contribution in [0.4, 0.5) is 5.00 Å². The Morgan fingerprint density at radius 1 is 1.17 bits per heavy atom. The molecule has 4 nitrogen and oxygen atoms in total. The standard InChI is InChI=1S/C19H14N4S/c20-8-12-5-6-17-15(7-12)13(10-22-17)11-23-19-16(9-21)14-3-1-2-4-18(14)24-19/h5-7,10-11,22H,1-4H2. The van der Waals surface area contributed by atoms with Gasteiger partial charge >= 0.3 is 0 Å². The Hall–Kier alpha value is -2.89. The van der Waals surface area contributed by atoms with E-state index < -0.39 is 0 Å². The largest absolute Gasteiger partial charge is 0.361 e. The van der Waals surface area contributed by atoms with Gasteiger partial charge in [0.2, 0.25) is 0 Å². The second-order valence-corrected chi connectivity index (χ2v) is 6.96. The van der Waals surface area contributed by atoms with Crippen LogP contribution in [-0.4, -0.2) is 11.2 Å². The molecule has 0 aliphatic heterocycles. The molecule has 24 heavy (non-hydrogen) atoms. The number of nitrogens with one attached hydrogen (secondary N) is 1. The molecule has 0 spiro atoms. The number of nitriles is 2. The van der Waals surface area contributed by atoms with E-state index in [0.717, 1.165) is 46.3 Å². The number of aryl methyl sites for hydroxylation is 1. The smallest absolute Gasteiger partial charge is 0.134 e. The molecular formula is C19H14N4S. The van der Waals surface area contributed by atoms with Crippen molar-refractivity contribution in [1.82, 2.24) is 4.98 Å². The second-order valence-electron chi connectivity index (χ2n) is 5.88. The average molecular weight is 330 g/mol. The molecule has 3 aromatic rings. The molecule has 1 aliphatic carbocycles. The van der Waals surface area contributed by atoms with Crippen LogP contribution in [0.2, 0.25) is 0 Å². The van der Waals surface area contributed by atoms with Gasteiger partial charge in [-0.25, -0.2) is 4.99 Å². The molecule has 0 amide bonds. The zero-order chi connectivity index (χ0) is 16.5. The Balaban J connectivity index is 1.75. The summed E-state index contributed by atoms with van der Waals surface area (Å²) < 4.78 is 0. The Labute approximate surface area is 143 Å². The molecule has 0 unspecified atom stereocenters. The lowest BCUT2D eigenvalue weighted by Gasteiger charge is -2.09. The van der Waals surface area contributed by atoms with Crippen molar-refractivity contribution in [3.05, 3.63) is 51.5 Å². The van der Waals surface area contributed by atoms with Crippen LogP contribution in [0.25, 0.3) is 10.9 Å². The van der Waals surface area contributed by atoms with E-state index in [1.807, 2.05) is 18.3 Å². The van der Waals surface area contributed by atoms with Gasteiger partial charge in [0.05, 0.1) is 17.2 Å². The summed E-state index contributed by atoms with van der Waals surface area (Å²) in [5.74, 6) is 0. The van der Waals surface area contributed by atoms with Gasteiger partial charge in [0, 0.05) is 33.8 Å². The maximum absolute atomic E-state index is 9.50. The van der Waals surface area contributed by atoms with Crippen molar-refractivity contribution in [2.24, 2.45) is 4.99 Å². The number of hydrogen-bond acceptors (Lipinski definition) is 4. The number of fused-ring (bicyclic) bond motifs is 2. The summed E-state index contributed by atoms with van der Waals surface area (Å²) >= 11 is 1.64. The van der Waals surface area contributed by atoms with Crippen LogP contribution < -0.4 is 0 Å². The summed E-state index contributed by atoms with van der Waals surface area (Å²) in [5.41, 5.74) is 4.47. The van der Waals surface area contributed by atoms with Gasteiger partial charge in [-0.3, -0.25) is 0 Å². The summed E-state index contributed by atoms with van der Waals surface area (Å²) in [6, 6.07) is 10.0. The molecule has 1 aliphatic rings. The molecule has 1 N–H and O–H groups in total. The third kappa shape index (κ3) is 2.40. The third-order valence-corrected chi connectivity index (χ3v) is 5.63. The number of H-pyrrole nitrogens is 1. The van der Waals surface area contributed by atoms with Gasteiger partial charge in [0.1, 0.15) is 11.1 Å². The zero-order valence-electron chi connectivity index (χ0n) is 13.0. The Bertz CT molecular complexity index is 1040. The SMILES string of the molecule is N#Cc1ccc2[nH]cc(C=Nc3sc4c(c3C#N)CCCC4)c2c1. The van der Waals surface area contributed by atoms with Crippen LogP contribution in [0.3, 0.4) is 0 Å². The predicted octanol–water partition coefficient (Wildman–Crippen LogP) is 4.60. The third-order valence-electron chi connectivity index (χ3n) is 4.43. The van der Waals surface area contributed by atoms with Gasteiger partial charge < -0.3 is 4.98 Å². The molecule has 116 valence electrons.